The van der Waals surface area contributed by atoms with Crippen LogP contribution in [0.4, 0.5) is 0 Å². The van der Waals surface area contributed by atoms with Crippen molar-refractivity contribution in [1.82, 2.24) is 9.88 Å². The fourth-order valence-electron chi connectivity index (χ4n) is 6.11. The van der Waals surface area contributed by atoms with Crippen LogP contribution in [0.2, 0.25) is 0 Å². The number of carbonyl (C=O) groups is 3. The van der Waals surface area contributed by atoms with Gasteiger partial charge in [-0.2, -0.15) is 0 Å². The van der Waals surface area contributed by atoms with Crippen molar-refractivity contribution in [2.24, 2.45) is 17.6 Å². The van der Waals surface area contributed by atoms with E-state index in [9.17, 15) is 14.4 Å². The molecule has 1 aromatic heterocycles. The van der Waals surface area contributed by atoms with E-state index in [1.807, 2.05) is 48.5 Å². The van der Waals surface area contributed by atoms with E-state index in [0.717, 1.165) is 63.1 Å². The molecule has 5 rings (SSSR count). The lowest BCUT2D eigenvalue weighted by Gasteiger charge is -2.38. The number of pyridine rings is 1. The van der Waals surface area contributed by atoms with Gasteiger partial charge in [-0.05, 0) is 107 Å². The number of Topliss-reactive ketones (excluding diaryl/α,β-unsaturated/α-hetero) is 1. The molecule has 8 nitrogen and oxygen atoms in total. The molecular weight excluding hydrogens is 506 g/mol. The molecule has 0 radical (unpaired) electrons. The number of ketones is 1. The van der Waals surface area contributed by atoms with Crippen molar-refractivity contribution >= 4 is 28.6 Å². The minimum absolute atomic E-state index is 0.0581. The summed E-state index contributed by atoms with van der Waals surface area (Å²) in [6.07, 6.45) is 6.72. The highest BCUT2D eigenvalue weighted by atomic mass is 16.6. The molecule has 210 valence electrons. The lowest BCUT2D eigenvalue weighted by atomic mass is 9.76. The number of ether oxygens (including phenoxy) is 2. The first-order valence-corrected chi connectivity index (χ1v) is 14.2. The van der Waals surface area contributed by atoms with Gasteiger partial charge in [0.25, 0.3) is 5.91 Å². The number of esters is 1. The number of nitrogens with zero attached hydrogens (tertiary/aromatic N) is 2. The van der Waals surface area contributed by atoms with Gasteiger partial charge in [-0.25, -0.2) is 4.79 Å². The molecule has 0 spiro atoms. The van der Waals surface area contributed by atoms with Crippen molar-refractivity contribution in [3.8, 4) is 5.75 Å². The molecule has 1 aliphatic heterocycles. The van der Waals surface area contributed by atoms with Crippen LogP contribution < -0.4 is 10.5 Å². The third-order valence-electron chi connectivity index (χ3n) is 8.71. The van der Waals surface area contributed by atoms with Crippen molar-refractivity contribution in [2.75, 3.05) is 26.7 Å². The number of fused-ring (bicyclic) bond motifs is 1. The number of piperidine rings is 1. The van der Waals surface area contributed by atoms with Crippen LogP contribution in [0, 0.1) is 11.8 Å². The third kappa shape index (κ3) is 6.02. The molecule has 1 saturated carbocycles. The number of methoxy groups -OCH3 is 1. The van der Waals surface area contributed by atoms with Crippen molar-refractivity contribution in [3.63, 3.8) is 0 Å². The molecule has 0 atom stereocenters. The van der Waals surface area contributed by atoms with Crippen LogP contribution in [0.3, 0.4) is 0 Å². The summed E-state index contributed by atoms with van der Waals surface area (Å²) in [6.45, 7) is 2.77. The Balaban J connectivity index is 1.10. The van der Waals surface area contributed by atoms with E-state index < -0.39 is 17.5 Å². The van der Waals surface area contributed by atoms with E-state index in [1.54, 1.807) is 19.4 Å². The maximum Gasteiger partial charge on any atom is 0.339 e. The molecule has 3 aromatic rings. The number of rotatable bonds is 9. The van der Waals surface area contributed by atoms with Gasteiger partial charge in [0.15, 0.2) is 11.4 Å². The molecule has 8 heteroatoms. The zero-order valence-electron chi connectivity index (χ0n) is 23.0. The third-order valence-corrected chi connectivity index (χ3v) is 8.71. The predicted octanol–water partition coefficient (Wildman–Crippen LogP) is 4.80. The number of para-hydroxylation sites is 1. The summed E-state index contributed by atoms with van der Waals surface area (Å²) in [6, 6.07) is 16.4. The zero-order chi connectivity index (χ0) is 28.1. The quantitative estimate of drug-likeness (QED) is 0.305. The number of carbonyl (C=O) groups excluding carboxylic acids is 3. The van der Waals surface area contributed by atoms with Crippen LogP contribution >= 0.6 is 0 Å². The number of hydrogen-bond acceptors (Lipinski definition) is 7. The standard InChI is InChI=1S/C32H37N3O5/c1-39-25-8-6-23(7-9-25)29(36)24-14-20-35(21-15-24)19-13-22-10-16-32(17-11-22,31(33)38)40-30(37)27-12-18-34-28-5-3-2-4-26(27)28/h2-9,12,18,22,24H,10-11,13-17,19-21H2,1H3,(H2,33,38). The lowest BCUT2D eigenvalue weighted by molar-refractivity contribution is -0.142. The van der Waals surface area contributed by atoms with E-state index >= 15 is 0 Å². The predicted molar refractivity (Wildman–Crippen MR) is 152 cm³/mol. The number of nitrogens with two attached hydrogens (primary N) is 1. The first-order chi connectivity index (χ1) is 19.4. The molecule has 2 N–H and O–H groups in total. The maximum atomic E-state index is 13.2. The summed E-state index contributed by atoms with van der Waals surface area (Å²) < 4.78 is 11.1. The second kappa shape index (κ2) is 12.2. The topological polar surface area (TPSA) is 112 Å². The minimum Gasteiger partial charge on any atom is -0.497 e. The van der Waals surface area contributed by atoms with Crippen LogP contribution in [0.15, 0.2) is 60.8 Å². The van der Waals surface area contributed by atoms with Crippen LogP contribution in [0.5, 0.6) is 5.75 Å². The first kappa shape index (κ1) is 27.8. The molecule has 1 amide bonds. The van der Waals surface area contributed by atoms with Gasteiger partial charge in [0, 0.05) is 23.1 Å². The summed E-state index contributed by atoms with van der Waals surface area (Å²) >= 11 is 0. The lowest BCUT2D eigenvalue weighted by Crippen LogP contribution is -2.50. The monoisotopic (exact) mass is 543 g/mol. The van der Waals surface area contributed by atoms with Crippen LogP contribution in [-0.2, 0) is 9.53 Å². The summed E-state index contributed by atoms with van der Waals surface area (Å²) in [5.74, 6) is 0.341. The van der Waals surface area contributed by atoms with E-state index in [-0.39, 0.29) is 11.7 Å². The minimum atomic E-state index is -1.28. The Morgan fingerprint density at radius 2 is 1.68 bits per heavy atom. The van der Waals surface area contributed by atoms with Gasteiger partial charge in [-0.1, -0.05) is 18.2 Å². The fourth-order valence-corrected chi connectivity index (χ4v) is 6.11. The molecule has 1 aliphatic carbocycles. The van der Waals surface area contributed by atoms with Crippen molar-refractivity contribution in [1.29, 1.82) is 0 Å². The molecular formula is C32H37N3O5. The van der Waals surface area contributed by atoms with Crippen LogP contribution in [0.1, 0.15) is 65.7 Å². The first-order valence-electron chi connectivity index (χ1n) is 14.2. The Kier molecular flexibility index (Phi) is 8.45. The van der Waals surface area contributed by atoms with E-state index in [1.165, 1.54) is 0 Å². The zero-order valence-corrected chi connectivity index (χ0v) is 23.0. The van der Waals surface area contributed by atoms with Gasteiger partial charge < -0.3 is 20.1 Å². The van der Waals surface area contributed by atoms with Gasteiger partial charge in [-0.15, -0.1) is 0 Å². The number of amides is 1. The SMILES string of the molecule is COc1ccc(C(=O)C2CCN(CCC3CCC(OC(=O)c4ccnc5ccccc45)(C(N)=O)CC3)CC2)cc1. The van der Waals surface area contributed by atoms with Crippen molar-refractivity contribution in [3.05, 3.63) is 71.9 Å². The molecule has 1 saturated heterocycles. The van der Waals surface area contributed by atoms with Crippen molar-refractivity contribution in [2.45, 2.75) is 50.5 Å². The molecule has 2 aromatic carbocycles. The Labute approximate surface area is 234 Å². The smallest absolute Gasteiger partial charge is 0.339 e. The summed E-state index contributed by atoms with van der Waals surface area (Å²) in [5.41, 5.74) is 6.36. The average molecular weight is 544 g/mol. The Morgan fingerprint density at radius 1 is 0.975 bits per heavy atom. The molecule has 40 heavy (non-hydrogen) atoms. The van der Waals surface area contributed by atoms with Gasteiger partial charge >= 0.3 is 5.97 Å². The summed E-state index contributed by atoms with van der Waals surface area (Å²) in [7, 11) is 1.62. The number of benzene rings is 2. The highest BCUT2D eigenvalue weighted by molar-refractivity contribution is 6.04. The molecule has 0 bridgehead atoms. The maximum absolute atomic E-state index is 13.2. The highest BCUT2D eigenvalue weighted by Crippen LogP contribution is 2.37. The normalized spacial score (nSPS) is 22.1. The van der Waals surface area contributed by atoms with Crippen LogP contribution in [-0.4, -0.2) is 59.9 Å². The number of aromatic nitrogens is 1. The van der Waals surface area contributed by atoms with Crippen LogP contribution in [0.25, 0.3) is 10.9 Å². The highest BCUT2D eigenvalue weighted by Gasteiger charge is 2.44. The molecule has 2 aliphatic rings. The molecule has 0 unspecified atom stereocenters. The Bertz CT molecular complexity index is 1350. The van der Waals surface area contributed by atoms with Gasteiger partial charge in [0.2, 0.25) is 0 Å². The second-order valence-electron chi connectivity index (χ2n) is 11.1. The Hall–Kier alpha value is -3.78. The average Bonchev–Trinajstić information content (AvgIpc) is 3.00. The van der Waals surface area contributed by atoms with Gasteiger partial charge in [0.1, 0.15) is 5.75 Å². The number of primary amides is 1. The summed E-state index contributed by atoms with van der Waals surface area (Å²) in [4.78, 5) is 45.3. The van der Waals surface area contributed by atoms with E-state index in [0.29, 0.717) is 35.2 Å². The van der Waals surface area contributed by atoms with Gasteiger partial charge in [-0.3, -0.25) is 14.6 Å². The number of hydrogen-bond donors (Lipinski definition) is 1. The van der Waals surface area contributed by atoms with E-state index in [4.69, 9.17) is 15.2 Å². The molecule has 2 fully saturated rings. The summed E-state index contributed by atoms with van der Waals surface area (Å²) in [5, 5.41) is 0.692. The molecule has 2 heterocycles. The Morgan fingerprint density at radius 3 is 2.35 bits per heavy atom. The van der Waals surface area contributed by atoms with E-state index in [2.05, 4.69) is 9.88 Å². The largest absolute Gasteiger partial charge is 0.497 e. The fraction of sp³-hybridized carbons (Fsp3) is 0.438. The van der Waals surface area contributed by atoms with Crippen molar-refractivity contribution < 1.29 is 23.9 Å². The number of likely N-dealkylation sites (tertiary alicyclic amines) is 1. The van der Waals surface area contributed by atoms with Gasteiger partial charge in [0.05, 0.1) is 18.2 Å². The second-order valence-corrected chi connectivity index (χ2v) is 11.1.